The van der Waals surface area contributed by atoms with Crippen LogP contribution in [0.15, 0.2) is 67.8 Å². The first-order valence-electron chi connectivity index (χ1n) is 14.7. The van der Waals surface area contributed by atoms with Crippen LogP contribution in [0.25, 0.3) is 10.8 Å². The number of hydrogen-bond donors (Lipinski definition) is 1. The number of aliphatic hydroxyl groups excluding tert-OH is 1. The molecule has 3 aliphatic heterocycles. The van der Waals surface area contributed by atoms with Gasteiger partial charge in [0.1, 0.15) is 11.6 Å². The first kappa shape index (κ1) is 30.4. The monoisotopic (exact) mass is 638 g/mol. The Morgan fingerprint density at radius 1 is 1.24 bits per heavy atom. The van der Waals surface area contributed by atoms with Gasteiger partial charge >= 0.3 is 5.97 Å². The van der Waals surface area contributed by atoms with Crippen LogP contribution in [-0.2, 0) is 23.9 Å². The molecule has 5 rings (SSSR count). The Balaban J connectivity index is 1.61. The van der Waals surface area contributed by atoms with Gasteiger partial charge in [-0.1, -0.05) is 78.7 Å². The Kier molecular flexibility index (Phi) is 8.92. The molecule has 2 aromatic rings. The molecule has 224 valence electrons. The second kappa shape index (κ2) is 12.3. The number of halogens is 1. The van der Waals surface area contributed by atoms with Gasteiger partial charge < -0.3 is 24.4 Å². The van der Waals surface area contributed by atoms with Crippen LogP contribution >= 0.6 is 15.9 Å². The van der Waals surface area contributed by atoms with Gasteiger partial charge in [0, 0.05) is 17.1 Å². The summed E-state index contributed by atoms with van der Waals surface area (Å²) in [4.78, 5) is 45.7. The van der Waals surface area contributed by atoms with Crippen molar-refractivity contribution in [2.24, 2.45) is 17.8 Å². The van der Waals surface area contributed by atoms with Crippen LogP contribution in [-0.4, -0.2) is 76.2 Å². The van der Waals surface area contributed by atoms with Gasteiger partial charge in [-0.15, -0.1) is 13.2 Å². The fourth-order valence-electron chi connectivity index (χ4n) is 7.07. The van der Waals surface area contributed by atoms with Gasteiger partial charge in [0.2, 0.25) is 5.91 Å². The Bertz CT molecular complexity index is 1380. The van der Waals surface area contributed by atoms with E-state index in [1.165, 1.54) is 4.90 Å². The summed E-state index contributed by atoms with van der Waals surface area (Å²) in [6, 6.07) is 12.0. The molecule has 2 aromatic carbocycles. The number of amides is 2. The Morgan fingerprint density at radius 3 is 2.64 bits per heavy atom. The molecule has 3 fully saturated rings. The molecule has 8 nitrogen and oxygen atoms in total. The Labute approximate surface area is 255 Å². The van der Waals surface area contributed by atoms with E-state index in [0.717, 1.165) is 10.8 Å². The lowest BCUT2D eigenvalue weighted by atomic mass is 9.70. The van der Waals surface area contributed by atoms with Crippen molar-refractivity contribution in [1.29, 1.82) is 0 Å². The molecule has 3 aliphatic rings. The highest BCUT2D eigenvalue weighted by atomic mass is 79.9. The standard InChI is InChI=1S/C33H39BrN2O6/c1-5-8-16-41-32(40)26-27-30(38)36(25(19-37)20(4)7-3)29(33(27)18-24(34)28(26)42-33)31(39)35(15-6-2)23-14-13-21-11-9-10-12-22(21)17-23/h5-6,9-14,17,20,24-29,37H,1-2,7-8,15-16,18-19H2,3-4H3/t20-,24?,25-,26+,27-,28+,29?,33?/m0/s1. The molecule has 9 heteroatoms. The van der Waals surface area contributed by atoms with E-state index in [2.05, 4.69) is 29.1 Å². The fourth-order valence-corrected chi connectivity index (χ4v) is 8.01. The van der Waals surface area contributed by atoms with Crippen LogP contribution < -0.4 is 4.90 Å². The van der Waals surface area contributed by atoms with Crippen LogP contribution in [0, 0.1) is 17.8 Å². The Morgan fingerprint density at radius 2 is 1.98 bits per heavy atom. The zero-order valence-electron chi connectivity index (χ0n) is 24.2. The molecule has 0 saturated carbocycles. The summed E-state index contributed by atoms with van der Waals surface area (Å²) in [5.41, 5.74) is -0.593. The molecule has 0 aromatic heterocycles. The van der Waals surface area contributed by atoms with Gasteiger partial charge in [0.05, 0.1) is 37.2 Å². The molecule has 2 bridgehead atoms. The number of aliphatic hydroxyl groups is 1. The quantitative estimate of drug-likeness (QED) is 0.158. The van der Waals surface area contributed by atoms with Crippen LogP contribution in [0.5, 0.6) is 0 Å². The van der Waals surface area contributed by atoms with Gasteiger partial charge in [0.25, 0.3) is 5.91 Å². The van der Waals surface area contributed by atoms with E-state index in [1.807, 2.05) is 56.3 Å². The number of alkyl halides is 1. The van der Waals surface area contributed by atoms with E-state index in [4.69, 9.17) is 9.47 Å². The van der Waals surface area contributed by atoms with Gasteiger partial charge in [-0.05, 0) is 41.7 Å². The maximum absolute atomic E-state index is 14.9. The highest BCUT2D eigenvalue weighted by Gasteiger charge is 2.77. The first-order chi connectivity index (χ1) is 20.2. The van der Waals surface area contributed by atoms with Gasteiger partial charge in [0.15, 0.2) is 0 Å². The highest BCUT2D eigenvalue weighted by molar-refractivity contribution is 9.09. The lowest BCUT2D eigenvalue weighted by Crippen LogP contribution is -2.60. The average molecular weight is 640 g/mol. The summed E-state index contributed by atoms with van der Waals surface area (Å²) in [5, 5.41) is 12.6. The molecule has 0 aliphatic carbocycles. The molecule has 3 heterocycles. The van der Waals surface area contributed by atoms with Crippen molar-refractivity contribution in [2.45, 2.75) is 61.7 Å². The average Bonchev–Trinajstić information content (AvgIpc) is 3.59. The van der Waals surface area contributed by atoms with Crippen molar-refractivity contribution in [3.8, 4) is 0 Å². The molecule has 1 N–H and O–H groups in total. The van der Waals surface area contributed by atoms with Gasteiger partial charge in [-0.25, -0.2) is 0 Å². The topological polar surface area (TPSA) is 96.4 Å². The maximum atomic E-state index is 14.9. The number of likely N-dealkylation sites (tertiary alicyclic amines) is 1. The van der Waals surface area contributed by atoms with E-state index in [9.17, 15) is 19.5 Å². The van der Waals surface area contributed by atoms with Crippen LogP contribution in [0.2, 0.25) is 0 Å². The largest absolute Gasteiger partial charge is 0.465 e. The Hall–Kier alpha value is -3.01. The summed E-state index contributed by atoms with van der Waals surface area (Å²) < 4.78 is 12.2. The fraction of sp³-hybridized carbons (Fsp3) is 0.485. The van der Waals surface area contributed by atoms with Crippen LogP contribution in [0.4, 0.5) is 5.69 Å². The molecule has 42 heavy (non-hydrogen) atoms. The lowest BCUT2D eigenvalue weighted by molar-refractivity contribution is -0.156. The van der Waals surface area contributed by atoms with Crippen molar-refractivity contribution < 1.29 is 29.0 Å². The van der Waals surface area contributed by atoms with Gasteiger partial charge in [-0.2, -0.15) is 0 Å². The third-order valence-electron chi connectivity index (χ3n) is 9.27. The maximum Gasteiger partial charge on any atom is 0.312 e. The zero-order chi connectivity index (χ0) is 30.2. The number of carbonyl (C=O) groups is 3. The number of carbonyl (C=O) groups excluding carboxylic acids is 3. The number of esters is 1. The number of ether oxygens (including phenoxy) is 2. The number of hydrogen-bond acceptors (Lipinski definition) is 6. The summed E-state index contributed by atoms with van der Waals surface area (Å²) in [6.45, 7) is 11.6. The molecule has 0 radical (unpaired) electrons. The SMILES string of the molecule is C=CCCOC(=O)[C@H]1[C@@H]2OC3(CC2Br)C(C(=O)N(CC=C)c2ccc4ccccc4c2)N([C@@H](CO)[C@@H](C)CC)C(=O)[C@H]13. The molecule has 2 amide bonds. The number of fused-ring (bicyclic) bond motifs is 2. The molecule has 3 saturated heterocycles. The predicted octanol–water partition coefficient (Wildman–Crippen LogP) is 4.63. The normalized spacial score (nSPS) is 29.3. The third kappa shape index (κ3) is 4.89. The number of anilines is 1. The zero-order valence-corrected chi connectivity index (χ0v) is 25.7. The van der Waals surface area contributed by atoms with E-state index in [-0.39, 0.29) is 42.3 Å². The summed E-state index contributed by atoms with van der Waals surface area (Å²) in [6.07, 6.45) is 4.25. The molecular formula is C33H39BrN2O6. The minimum atomic E-state index is -1.26. The van der Waals surface area contributed by atoms with Crippen molar-refractivity contribution in [2.75, 3.05) is 24.7 Å². The number of rotatable bonds is 12. The van der Waals surface area contributed by atoms with E-state index < -0.39 is 41.6 Å². The summed E-state index contributed by atoms with van der Waals surface area (Å²) in [5.74, 6) is -3.07. The molecular weight excluding hydrogens is 600 g/mol. The van der Waals surface area contributed by atoms with E-state index >= 15 is 0 Å². The third-order valence-corrected chi connectivity index (χ3v) is 10.1. The number of benzene rings is 2. The first-order valence-corrected chi connectivity index (χ1v) is 15.6. The minimum absolute atomic E-state index is 0.104. The lowest BCUT2D eigenvalue weighted by Gasteiger charge is -2.41. The summed E-state index contributed by atoms with van der Waals surface area (Å²) in [7, 11) is 0. The molecule has 3 unspecified atom stereocenters. The molecule has 8 atom stereocenters. The van der Waals surface area contributed by atoms with Crippen molar-refractivity contribution in [3.63, 3.8) is 0 Å². The smallest absolute Gasteiger partial charge is 0.312 e. The minimum Gasteiger partial charge on any atom is -0.465 e. The molecule has 1 spiro atoms. The van der Waals surface area contributed by atoms with Gasteiger partial charge in [-0.3, -0.25) is 14.4 Å². The van der Waals surface area contributed by atoms with E-state index in [1.54, 1.807) is 17.1 Å². The highest BCUT2D eigenvalue weighted by Crippen LogP contribution is 2.61. The predicted molar refractivity (Wildman–Crippen MR) is 165 cm³/mol. The van der Waals surface area contributed by atoms with Crippen molar-refractivity contribution >= 4 is 50.2 Å². The summed E-state index contributed by atoms with van der Waals surface area (Å²) >= 11 is 3.70. The van der Waals surface area contributed by atoms with Crippen LogP contribution in [0.1, 0.15) is 33.1 Å². The number of nitrogens with zero attached hydrogens (tertiary/aromatic N) is 2. The van der Waals surface area contributed by atoms with Crippen molar-refractivity contribution in [1.82, 2.24) is 4.90 Å². The second-order valence-electron chi connectivity index (χ2n) is 11.6. The van der Waals surface area contributed by atoms with Crippen molar-refractivity contribution in [3.05, 3.63) is 67.8 Å². The second-order valence-corrected chi connectivity index (χ2v) is 12.7. The van der Waals surface area contributed by atoms with E-state index in [0.29, 0.717) is 24.9 Å². The van der Waals surface area contributed by atoms with Crippen LogP contribution in [0.3, 0.4) is 0 Å².